The van der Waals surface area contributed by atoms with Crippen LogP contribution in [-0.2, 0) is 14.3 Å². The van der Waals surface area contributed by atoms with Crippen molar-refractivity contribution in [3.05, 3.63) is 23.8 Å². The summed E-state index contributed by atoms with van der Waals surface area (Å²) < 4.78 is 17.7. The molecule has 1 N–H and O–H groups in total. The number of amides is 2. The maximum atomic E-state index is 13.3. The molecule has 0 aromatic heterocycles. The highest BCUT2D eigenvalue weighted by Crippen LogP contribution is 2.27. The second-order valence-corrected chi connectivity index (χ2v) is 9.72. The number of hydrogen-bond acceptors (Lipinski definition) is 6. The Morgan fingerprint density at radius 2 is 1.94 bits per heavy atom. The Morgan fingerprint density at radius 3 is 2.62 bits per heavy atom. The lowest BCUT2D eigenvalue weighted by Crippen LogP contribution is -2.48. The molecule has 2 amide bonds. The van der Waals surface area contributed by atoms with E-state index >= 15 is 0 Å². The van der Waals surface area contributed by atoms with Crippen molar-refractivity contribution in [1.29, 1.82) is 0 Å². The molecule has 8 heteroatoms. The summed E-state index contributed by atoms with van der Waals surface area (Å²) in [6.45, 7) is 10.6. The SMILES string of the molecule is CCC(=O)Nc1ccc2c(c1)OC[C@@H](C)N(CC1CCOCC1)C[C@@H](C)[C@@H](OC)CN(C)C2=O. The van der Waals surface area contributed by atoms with E-state index < -0.39 is 0 Å². The smallest absolute Gasteiger partial charge is 0.257 e. The van der Waals surface area contributed by atoms with Gasteiger partial charge in [-0.25, -0.2) is 0 Å². The van der Waals surface area contributed by atoms with Crippen molar-refractivity contribution in [2.24, 2.45) is 11.8 Å². The first kappa shape index (κ1) is 26.4. The molecule has 0 aliphatic carbocycles. The molecule has 0 unspecified atom stereocenters. The average Bonchev–Trinajstić information content (AvgIpc) is 2.84. The van der Waals surface area contributed by atoms with Crippen molar-refractivity contribution in [2.45, 2.75) is 52.2 Å². The number of carbonyl (C=O) groups excluding carboxylic acids is 2. The van der Waals surface area contributed by atoms with E-state index in [4.69, 9.17) is 14.2 Å². The van der Waals surface area contributed by atoms with Gasteiger partial charge in [-0.05, 0) is 43.7 Å². The van der Waals surface area contributed by atoms with Gasteiger partial charge in [0.2, 0.25) is 5.91 Å². The molecule has 8 nitrogen and oxygen atoms in total. The molecule has 34 heavy (non-hydrogen) atoms. The average molecular weight is 476 g/mol. The first-order valence-electron chi connectivity index (χ1n) is 12.5. The van der Waals surface area contributed by atoms with Crippen LogP contribution < -0.4 is 10.1 Å². The molecule has 1 aromatic carbocycles. The fourth-order valence-corrected chi connectivity index (χ4v) is 4.69. The molecule has 0 saturated carbocycles. The highest BCUT2D eigenvalue weighted by molar-refractivity contribution is 5.98. The maximum Gasteiger partial charge on any atom is 0.257 e. The van der Waals surface area contributed by atoms with Gasteiger partial charge in [0.25, 0.3) is 5.91 Å². The largest absolute Gasteiger partial charge is 0.491 e. The minimum atomic E-state index is -0.120. The van der Waals surface area contributed by atoms with Crippen LogP contribution in [-0.4, -0.2) is 87.4 Å². The molecular weight excluding hydrogens is 434 g/mol. The molecule has 1 saturated heterocycles. The van der Waals surface area contributed by atoms with E-state index in [1.54, 1.807) is 44.2 Å². The zero-order valence-corrected chi connectivity index (χ0v) is 21.3. The van der Waals surface area contributed by atoms with E-state index in [2.05, 4.69) is 24.1 Å². The van der Waals surface area contributed by atoms with E-state index in [-0.39, 0.29) is 29.9 Å². The normalized spacial score (nSPS) is 25.6. The molecule has 1 fully saturated rings. The maximum absolute atomic E-state index is 13.3. The summed E-state index contributed by atoms with van der Waals surface area (Å²) in [5.41, 5.74) is 1.12. The number of benzene rings is 1. The van der Waals surface area contributed by atoms with Crippen molar-refractivity contribution in [1.82, 2.24) is 9.80 Å². The number of carbonyl (C=O) groups is 2. The first-order valence-corrected chi connectivity index (χ1v) is 12.5. The lowest BCUT2D eigenvalue weighted by atomic mass is 9.96. The topological polar surface area (TPSA) is 80.3 Å². The van der Waals surface area contributed by atoms with Crippen molar-refractivity contribution in [2.75, 3.05) is 58.9 Å². The minimum Gasteiger partial charge on any atom is -0.491 e. The Bertz CT molecular complexity index is 827. The second kappa shape index (κ2) is 12.5. The van der Waals surface area contributed by atoms with Crippen LogP contribution in [0.4, 0.5) is 5.69 Å². The second-order valence-electron chi connectivity index (χ2n) is 9.72. The number of ether oxygens (including phenoxy) is 3. The molecule has 0 spiro atoms. The molecule has 2 aliphatic rings. The number of anilines is 1. The van der Waals surface area contributed by atoms with E-state index in [1.165, 1.54) is 0 Å². The fourth-order valence-electron chi connectivity index (χ4n) is 4.69. The van der Waals surface area contributed by atoms with Crippen LogP contribution in [0.5, 0.6) is 5.75 Å². The van der Waals surface area contributed by atoms with Crippen molar-refractivity contribution < 1.29 is 23.8 Å². The number of fused-ring (bicyclic) bond motifs is 1. The molecule has 0 bridgehead atoms. The first-order chi connectivity index (χ1) is 16.3. The van der Waals surface area contributed by atoms with Gasteiger partial charge in [0.1, 0.15) is 12.4 Å². The minimum absolute atomic E-state index is 0.0785. The molecule has 3 atom stereocenters. The van der Waals surface area contributed by atoms with Crippen molar-refractivity contribution in [3.63, 3.8) is 0 Å². The van der Waals surface area contributed by atoms with Gasteiger partial charge in [-0.3, -0.25) is 14.5 Å². The lowest BCUT2D eigenvalue weighted by molar-refractivity contribution is -0.115. The highest BCUT2D eigenvalue weighted by atomic mass is 16.5. The summed E-state index contributed by atoms with van der Waals surface area (Å²) in [5, 5.41) is 2.86. The molecule has 2 aliphatic heterocycles. The zero-order chi connectivity index (χ0) is 24.7. The van der Waals surface area contributed by atoms with Gasteiger partial charge < -0.3 is 24.4 Å². The van der Waals surface area contributed by atoms with E-state index in [0.717, 1.165) is 39.1 Å². The summed E-state index contributed by atoms with van der Waals surface area (Å²) >= 11 is 0. The van der Waals surface area contributed by atoms with Gasteiger partial charge >= 0.3 is 0 Å². The summed E-state index contributed by atoms with van der Waals surface area (Å²) in [6, 6.07) is 5.40. The summed E-state index contributed by atoms with van der Waals surface area (Å²) in [4.78, 5) is 29.4. The highest BCUT2D eigenvalue weighted by Gasteiger charge is 2.30. The van der Waals surface area contributed by atoms with E-state index in [0.29, 0.717) is 42.5 Å². The number of nitrogens with one attached hydrogen (secondary N) is 1. The van der Waals surface area contributed by atoms with Crippen LogP contribution in [0.15, 0.2) is 18.2 Å². The Morgan fingerprint density at radius 1 is 1.21 bits per heavy atom. The number of likely N-dealkylation sites (N-methyl/N-ethyl adjacent to an activating group) is 1. The molecule has 1 aromatic rings. The van der Waals surface area contributed by atoms with Gasteiger partial charge in [-0.15, -0.1) is 0 Å². The Kier molecular flexibility index (Phi) is 9.74. The zero-order valence-electron chi connectivity index (χ0n) is 21.3. The van der Waals surface area contributed by atoms with Gasteiger partial charge in [0.05, 0.1) is 11.7 Å². The number of methoxy groups -OCH3 is 1. The molecule has 0 radical (unpaired) electrons. The van der Waals surface area contributed by atoms with Crippen molar-refractivity contribution >= 4 is 17.5 Å². The van der Waals surface area contributed by atoms with Crippen LogP contribution in [0.2, 0.25) is 0 Å². The predicted molar refractivity (Wildman–Crippen MR) is 132 cm³/mol. The number of rotatable bonds is 5. The van der Waals surface area contributed by atoms with Gasteiger partial charge in [-0.1, -0.05) is 13.8 Å². The molecule has 2 heterocycles. The van der Waals surface area contributed by atoms with Crippen LogP contribution in [0.1, 0.15) is 50.4 Å². The number of hydrogen-bond donors (Lipinski definition) is 1. The summed E-state index contributed by atoms with van der Waals surface area (Å²) in [7, 11) is 3.52. The van der Waals surface area contributed by atoms with E-state index in [9.17, 15) is 9.59 Å². The number of nitrogens with zero attached hydrogens (tertiary/aromatic N) is 2. The van der Waals surface area contributed by atoms with Gasteiger partial charge in [0.15, 0.2) is 0 Å². The molecule has 3 rings (SSSR count). The summed E-state index contributed by atoms with van der Waals surface area (Å²) in [5.74, 6) is 1.14. The summed E-state index contributed by atoms with van der Waals surface area (Å²) in [6.07, 6.45) is 2.46. The predicted octanol–water partition coefficient (Wildman–Crippen LogP) is 3.27. The third kappa shape index (κ3) is 6.93. The molecule has 190 valence electrons. The van der Waals surface area contributed by atoms with Crippen LogP contribution in [0, 0.1) is 11.8 Å². The Labute approximate surface area is 203 Å². The standard InChI is InChI=1S/C26H41N3O5/c1-6-25(30)27-21-7-8-22-23(13-21)34-17-19(3)29(15-20-9-11-33-12-10-20)14-18(2)24(32-5)16-28(4)26(22)31/h7-8,13,18-20,24H,6,9-12,14-17H2,1-5H3,(H,27,30)/t18-,19-,24+/m1/s1. The lowest BCUT2D eigenvalue weighted by Gasteiger charge is -2.38. The quantitative estimate of drug-likeness (QED) is 0.704. The molecular formula is C26H41N3O5. The monoisotopic (exact) mass is 475 g/mol. The van der Waals surface area contributed by atoms with Crippen LogP contribution in [0.25, 0.3) is 0 Å². The Hall–Kier alpha value is -2.16. The third-order valence-electron chi connectivity index (χ3n) is 7.01. The van der Waals surface area contributed by atoms with Crippen molar-refractivity contribution in [3.8, 4) is 5.75 Å². The van der Waals surface area contributed by atoms with Gasteiger partial charge in [0, 0.05) is 71.2 Å². The van der Waals surface area contributed by atoms with E-state index in [1.807, 2.05) is 0 Å². The fraction of sp³-hybridized carbons (Fsp3) is 0.692. The van der Waals surface area contributed by atoms with Crippen LogP contribution >= 0.6 is 0 Å². The Balaban J connectivity index is 1.89. The van der Waals surface area contributed by atoms with Gasteiger partial charge in [-0.2, -0.15) is 0 Å². The third-order valence-corrected chi connectivity index (χ3v) is 7.01. The van der Waals surface area contributed by atoms with Crippen LogP contribution in [0.3, 0.4) is 0 Å².